The van der Waals surface area contributed by atoms with Gasteiger partial charge >= 0.3 is 5.97 Å². The van der Waals surface area contributed by atoms with Crippen molar-refractivity contribution in [3.05, 3.63) is 94.4 Å². The van der Waals surface area contributed by atoms with Gasteiger partial charge in [-0.25, -0.2) is 9.37 Å². The molecule has 280 valence electrons. The predicted molar refractivity (Wildman–Crippen MR) is 216 cm³/mol. The van der Waals surface area contributed by atoms with Crippen LogP contribution in [-0.4, -0.2) is 50.3 Å². The normalized spacial score (nSPS) is 13.2. The van der Waals surface area contributed by atoms with Crippen molar-refractivity contribution in [3.8, 4) is 22.5 Å². The minimum Gasteiger partial charge on any atom is -0.462 e. The molecule has 7 heteroatoms. The van der Waals surface area contributed by atoms with Crippen LogP contribution in [0.25, 0.3) is 33.4 Å². The Morgan fingerprint density at radius 2 is 1.43 bits per heavy atom. The summed E-state index contributed by atoms with van der Waals surface area (Å²) >= 11 is 0. The molecule has 0 radical (unpaired) electrons. The Morgan fingerprint density at radius 3 is 2.13 bits per heavy atom. The maximum absolute atomic E-state index is 13.7. The second kappa shape index (κ2) is 18.8. The lowest BCUT2D eigenvalue weighted by molar-refractivity contribution is -0.116. The number of ketones is 2. The molecule has 0 amide bonds. The molecule has 3 aliphatic rings. The van der Waals surface area contributed by atoms with E-state index in [2.05, 4.69) is 73.6 Å². The Morgan fingerprint density at radius 1 is 0.755 bits per heavy atom. The van der Waals surface area contributed by atoms with Crippen LogP contribution in [0, 0.1) is 0 Å². The van der Waals surface area contributed by atoms with Crippen molar-refractivity contribution in [2.24, 2.45) is 0 Å². The van der Waals surface area contributed by atoms with Crippen molar-refractivity contribution in [2.45, 2.75) is 99.3 Å². The van der Waals surface area contributed by atoms with Crippen molar-refractivity contribution >= 4 is 34.2 Å². The van der Waals surface area contributed by atoms with Crippen LogP contribution in [0.1, 0.15) is 110 Å². The van der Waals surface area contributed by atoms with Crippen molar-refractivity contribution in [3.63, 3.8) is 0 Å². The number of unbranched alkanes of at least 4 members (excludes halogenated alkanes) is 7. The molecule has 0 aromatic heterocycles. The van der Waals surface area contributed by atoms with Crippen LogP contribution in [0.3, 0.4) is 0 Å². The van der Waals surface area contributed by atoms with E-state index in [1.165, 1.54) is 6.08 Å². The topological polar surface area (TPSA) is 79.8 Å². The molecule has 0 fully saturated rings. The maximum atomic E-state index is 13.7. The number of nitrogens with zero attached hydrogens (tertiary/aromatic N) is 2. The summed E-state index contributed by atoms with van der Waals surface area (Å²) in [6.45, 7) is 16.1. The molecule has 5 rings (SSSR count). The Balaban J connectivity index is 1.21. The van der Waals surface area contributed by atoms with Crippen molar-refractivity contribution < 1.29 is 23.5 Å². The van der Waals surface area contributed by atoms with E-state index in [9.17, 15) is 14.4 Å². The van der Waals surface area contributed by atoms with Gasteiger partial charge in [0.05, 0.1) is 18.2 Å². The number of allylic oxidation sites excluding steroid dienone is 4. The summed E-state index contributed by atoms with van der Waals surface area (Å²) in [5.74, 6) is 0.470. The lowest BCUT2D eigenvalue weighted by Gasteiger charge is -2.22. The lowest BCUT2D eigenvalue weighted by atomic mass is 9.88. The van der Waals surface area contributed by atoms with Crippen LogP contribution in [0.5, 0.6) is 0 Å². The first-order valence-corrected chi connectivity index (χ1v) is 19.8. The third-order valence-electron chi connectivity index (χ3n) is 10.8. The van der Waals surface area contributed by atoms with Crippen LogP contribution in [0.2, 0.25) is 0 Å². The van der Waals surface area contributed by atoms with Gasteiger partial charge < -0.3 is 14.1 Å². The van der Waals surface area contributed by atoms with E-state index in [4.69, 9.17) is 9.15 Å². The largest absolute Gasteiger partial charge is 0.462 e. The summed E-state index contributed by atoms with van der Waals surface area (Å²) in [6.07, 6.45) is 10.5. The van der Waals surface area contributed by atoms with E-state index in [1.807, 2.05) is 24.3 Å². The summed E-state index contributed by atoms with van der Waals surface area (Å²) in [7, 11) is 0. The highest BCUT2D eigenvalue weighted by molar-refractivity contribution is 6.22. The molecule has 0 spiro atoms. The number of benzene rings is 3. The van der Waals surface area contributed by atoms with Gasteiger partial charge in [-0.2, -0.15) is 0 Å². The van der Waals surface area contributed by atoms with Gasteiger partial charge in [0.15, 0.2) is 11.6 Å². The smallest absolute Gasteiger partial charge is 0.338 e. The SMILES string of the molecule is CCN(CC)c1ccc2c(-c3ccccc3C(=O)OCCCCCCCCCCC3=CC(=O)C(C)=C(C)C3=O)c3ccc(=[N+](CC)CC)cc-3oc2c1. The second-order valence-corrected chi connectivity index (χ2v) is 14.1. The lowest BCUT2D eigenvalue weighted by Crippen LogP contribution is -2.29. The average Bonchev–Trinajstić information content (AvgIpc) is 3.17. The molecule has 0 saturated carbocycles. The van der Waals surface area contributed by atoms with E-state index in [-0.39, 0.29) is 17.5 Å². The van der Waals surface area contributed by atoms with Crippen molar-refractivity contribution in [2.75, 3.05) is 37.7 Å². The van der Waals surface area contributed by atoms with E-state index >= 15 is 0 Å². The summed E-state index contributed by atoms with van der Waals surface area (Å²) in [6, 6.07) is 20.5. The third-order valence-corrected chi connectivity index (χ3v) is 10.8. The fourth-order valence-electron chi connectivity index (χ4n) is 7.44. The Labute approximate surface area is 315 Å². The minimum absolute atomic E-state index is 0.0262. The number of hydrogen-bond donors (Lipinski definition) is 0. The van der Waals surface area contributed by atoms with Crippen LogP contribution in [-0.2, 0) is 14.3 Å². The fraction of sp³-hybridized carbons (Fsp3) is 0.435. The molecule has 0 bridgehead atoms. The van der Waals surface area contributed by atoms with E-state index in [1.54, 1.807) is 13.8 Å². The quantitative estimate of drug-likeness (QED) is 0.0335. The molecule has 2 aromatic rings. The van der Waals surface area contributed by atoms with Gasteiger partial charge in [-0.1, -0.05) is 56.7 Å². The number of esters is 1. The summed E-state index contributed by atoms with van der Waals surface area (Å²) in [5.41, 5.74) is 7.04. The number of fused-ring (bicyclic) bond motifs is 2. The molecular weight excluding hydrogens is 661 g/mol. The number of ether oxygens (including phenoxy) is 1. The molecule has 7 nitrogen and oxygen atoms in total. The van der Waals surface area contributed by atoms with E-state index in [0.717, 1.165) is 122 Å². The summed E-state index contributed by atoms with van der Waals surface area (Å²) < 4.78 is 14.8. The zero-order valence-electron chi connectivity index (χ0n) is 32.7. The monoisotopic (exact) mass is 717 g/mol. The Kier molecular flexibility index (Phi) is 14.0. The van der Waals surface area contributed by atoms with Crippen LogP contribution >= 0.6 is 0 Å². The standard InChI is InChI=1S/C46H57N2O5/c1-7-47(8-2)35-24-26-39-42(30-35)53-43-31-36(48(9-3)10-4)25-27-40(43)44(39)37-22-18-19-23-38(37)46(51)52-28-20-16-14-12-11-13-15-17-21-34-29-41(49)32(5)33(6)45(34)50/h18-19,22-27,29-31H,7-17,20-21,28H2,1-6H3/q+1. The molecule has 1 aliphatic heterocycles. The number of carbonyl (C=O) groups excluding carboxylic acids is 3. The molecule has 0 N–H and O–H groups in total. The van der Waals surface area contributed by atoms with E-state index < -0.39 is 0 Å². The van der Waals surface area contributed by atoms with Gasteiger partial charge in [-0.15, -0.1) is 0 Å². The molecule has 0 atom stereocenters. The fourth-order valence-corrected chi connectivity index (χ4v) is 7.44. The molecule has 1 heterocycles. The predicted octanol–water partition coefficient (Wildman–Crippen LogP) is 9.95. The number of rotatable bonds is 18. The average molecular weight is 718 g/mol. The Bertz CT molecular complexity index is 2040. The molecular formula is C46H57N2O5+. The highest BCUT2D eigenvalue weighted by atomic mass is 16.5. The minimum atomic E-state index is -0.309. The third kappa shape index (κ3) is 9.24. The number of carbonyl (C=O) groups is 3. The Hall–Kier alpha value is -4.78. The number of hydrogen-bond acceptors (Lipinski definition) is 6. The number of Topliss-reactive ketones (excluding diaryl/α,β-unsaturated/α-hetero) is 1. The van der Waals surface area contributed by atoms with Gasteiger partial charge in [0.25, 0.3) is 0 Å². The van der Waals surface area contributed by atoms with Crippen molar-refractivity contribution in [1.82, 2.24) is 4.58 Å². The highest BCUT2D eigenvalue weighted by Crippen LogP contribution is 2.42. The first-order chi connectivity index (χ1) is 25.7. The molecule has 2 aromatic carbocycles. The second-order valence-electron chi connectivity index (χ2n) is 14.1. The first kappa shape index (κ1) is 39.4. The van der Waals surface area contributed by atoms with Crippen LogP contribution < -0.4 is 14.8 Å². The molecule has 0 unspecified atom stereocenters. The van der Waals surface area contributed by atoms with Crippen LogP contribution in [0.15, 0.2) is 87.9 Å². The molecule has 53 heavy (non-hydrogen) atoms. The summed E-state index contributed by atoms with van der Waals surface area (Å²) in [5, 5.41) is 2.07. The maximum Gasteiger partial charge on any atom is 0.338 e. The zero-order valence-corrected chi connectivity index (χ0v) is 32.7. The van der Waals surface area contributed by atoms with Gasteiger partial charge in [0.2, 0.25) is 5.36 Å². The van der Waals surface area contributed by atoms with Gasteiger partial charge in [-0.3, -0.25) is 9.59 Å². The first-order valence-electron chi connectivity index (χ1n) is 19.8. The van der Waals surface area contributed by atoms with Gasteiger partial charge in [-0.05, 0) is 96.7 Å². The van der Waals surface area contributed by atoms with Crippen LogP contribution in [0.4, 0.5) is 5.69 Å². The molecule has 2 aliphatic carbocycles. The highest BCUT2D eigenvalue weighted by Gasteiger charge is 2.24. The zero-order chi connectivity index (χ0) is 37.9. The number of anilines is 1. The van der Waals surface area contributed by atoms with Gasteiger partial charge in [0, 0.05) is 64.1 Å². The van der Waals surface area contributed by atoms with Gasteiger partial charge in [0.1, 0.15) is 24.4 Å². The van der Waals surface area contributed by atoms with E-state index in [0.29, 0.717) is 35.3 Å². The molecule has 0 saturated heterocycles. The summed E-state index contributed by atoms with van der Waals surface area (Å²) in [4.78, 5) is 40.5. The van der Waals surface area contributed by atoms with Crippen molar-refractivity contribution in [1.29, 1.82) is 0 Å².